The van der Waals surface area contributed by atoms with E-state index in [4.69, 9.17) is 0 Å². The Morgan fingerprint density at radius 3 is 1.35 bits per heavy atom. The van der Waals surface area contributed by atoms with Crippen LogP contribution in [0.5, 0.6) is 0 Å². The molecule has 155 valence electrons. The summed E-state index contributed by atoms with van der Waals surface area (Å²) < 4.78 is 0. The van der Waals surface area contributed by atoms with Crippen molar-refractivity contribution in [2.45, 2.75) is 25.9 Å². The summed E-state index contributed by atoms with van der Waals surface area (Å²) in [5.74, 6) is 0. The number of rotatable bonds is 0. The van der Waals surface area contributed by atoms with Gasteiger partial charge in [0, 0.05) is 50.4 Å². The second-order valence-corrected chi connectivity index (χ2v) is 8.52. The molecule has 6 rings (SSSR count). The van der Waals surface area contributed by atoms with E-state index in [-0.39, 0.29) is 49.3 Å². The molecule has 0 saturated heterocycles. The van der Waals surface area contributed by atoms with Gasteiger partial charge in [-0.1, -0.05) is 92.3 Å². The molecule has 0 bridgehead atoms. The molecule has 31 heavy (non-hydrogen) atoms. The maximum Gasteiger partial charge on any atom is 0.0213 e. The van der Waals surface area contributed by atoms with Gasteiger partial charge < -0.3 is 0 Å². The van der Waals surface area contributed by atoms with Gasteiger partial charge in [0.15, 0.2) is 0 Å². The van der Waals surface area contributed by atoms with Crippen LogP contribution in [0.2, 0.25) is 13.1 Å². The fourth-order valence-corrected chi connectivity index (χ4v) is 4.00. The molecule has 0 N–H and O–H groups in total. The predicted molar refractivity (Wildman–Crippen MR) is 137 cm³/mol. The van der Waals surface area contributed by atoms with E-state index in [1.54, 1.807) is 0 Å². The summed E-state index contributed by atoms with van der Waals surface area (Å²) >= 11 is 0. The molecule has 4 aromatic carbocycles. The van der Waals surface area contributed by atoms with Gasteiger partial charge in [0.1, 0.15) is 0 Å². The molecule has 0 amide bonds. The number of fused-ring (bicyclic) bond motifs is 6. The Kier molecular flexibility index (Phi) is 10.4. The minimum absolute atomic E-state index is 0. The summed E-state index contributed by atoms with van der Waals surface area (Å²) in [5.41, 5.74) is 11.0. The summed E-state index contributed by atoms with van der Waals surface area (Å²) in [4.78, 5) is 0. The average Bonchev–Trinajstić information content (AvgIpc) is 3.33. The van der Waals surface area contributed by atoms with E-state index < -0.39 is 0 Å². The van der Waals surface area contributed by atoms with Gasteiger partial charge in [0.2, 0.25) is 0 Å². The first-order valence-corrected chi connectivity index (χ1v) is 12.5. The van der Waals surface area contributed by atoms with Gasteiger partial charge >= 0.3 is 0 Å². The predicted octanol–water partition coefficient (Wildman–Crippen LogP) is 5.18. The Hall–Kier alpha value is -1.49. The normalized spacial score (nSPS) is 10.9. The van der Waals surface area contributed by atoms with Gasteiger partial charge in [-0.2, -0.15) is 59.7 Å². The third kappa shape index (κ3) is 5.85. The summed E-state index contributed by atoms with van der Waals surface area (Å²) in [6.45, 7) is 4.42. The van der Waals surface area contributed by atoms with Crippen LogP contribution in [0.3, 0.4) is 0 Å². The van der Waals surface area contributed by atoms with Crippen LogP contribution in [0, 0.1) is 53.0 Å². The Labute approximate surface area is 224 Å². The zero-order valence-electron chi connectivity index (χ0n) is 17.6. The molecule has 0 aliphatic heterocycles. The van der Waals surface area contributed by atoms with Crippen molar-refractivity contribution in [2.75, 3.05) is 0 Å². The second-order valence-electron chi connectivity index (χ2n) is 7.37. The molecule has 0 saturated carbocycles. The van der Waals surface area contributed by atoms with Crippen LogP contribution >= 0.6 is 0 Å². The minimum atomic E-state index is 0. The van der Waals surface area contributed by atoms with Crippen molar-refractivity contribution in [3.63, 3.8) is 0 Å². The van der Waals surface area contributed by atoms with Crippen molar-refractivity contribution in [2.24, 2.45) is 0 Å². The molecule has 3 heteroatoms. The van der Waals surface area contributed by atoms with E-state index in [2.05, 4.69) is 98.0 Å². The summed E-state index contributed by atoms with van der Waals surface area (Å²) in [7, 11) is 0.750. The van der Waals surface area contributed by atoms with Crippen LogP contribution in [-0.2, 0) is 12.8 Å². The zero-order valence-corrected chi connectivity index (χ0v) is 21.9. The van der Waals surface area contributed by atoms with Gasteiger partial charge in [-0.05, 0) is 12.8 Å². The molecule has 2 aliphatic rings. The Morgan fingerprint density at radius 2 is 0.935 bits per heavy atom. The molecule has 0 aromatic heterocycles. The zero-order chi connectivity index (χ0) is 20.1. The molecule has 0 atom stereocenters. The smallest absolute Gasteiger partial charge is 0.0213 e. The molecule has 2 aliphatic carbocycles. The maximum absolute atomic E-state index is 3.30. The Balaban J connectivity index is 0.000000185. The van der Waals surface area contributed by atoms with Crippen LogP contribution in [0.15, 0.2) is 84.9 Å². The van der Waals surface area contributed by atoms with E-state index in [1.807, 2.05) is 12.1 Å². The van der Waals surface area contributed by atoms with Crippen molar-refractivity contribution >= 4 is 17.9 Å². The van der Waals surface area contributed by atoms with Crippen LogP contribution in [-0.4, -0.2) is 17.9 Å². The quantitative estimate of drug-likeness (QED) is 0.181. The standard InChI is InChI=1S/2C13H9.C2H7Si.BH4.Nd/c2*1-3-7-12-10(5-1)9-11-6-2-4-8-13(11)12;1-3-2;;/h2*1-5,7-8H,9H2;3H,1-2H3;1H4;/q2*-1;;-1;. The van der Waals surface area contributed by atoms with Crippen molar-refractivity contribution < 1.29 is 40.8 Å². The van der Waals surface area contributed by atoms with Crippen LogP contribution in [0.1, 0.15) is 22.3 Å². The van der Waals surface area contributed by atoms with Crippen molar-refractivity contribution in [3.05, 3.63) is 119 Å². The molecule has 0 nitrogen and oxygen atoms in total. The van der Waals surface area contributed by atoms with Crippen LogP contribution < -0.4 is 0 Å². The van der Waals surface area contributed by atoms with Gasteiger partial charge in [-0.15, -0.1) is 11.1 Å². The largest absolute Gasteiger partial charge is 0.179 e. The van der Waals surface area contributed by atoms with Gasteiger partial charge in [0.05, 0.1) is 0 Å². The molecule has 0 spiro atoms. The number of hydrogen-bond donors (Lipinski definition) is 0. The number of benzene rings is 4. The molecule has 0 heterocycles. The maximum atomic E-state index is 3.30. The fourth-order valence-electron chi connectivity index (χ4n) is 4.00. The molecule has 0 unspecified atom stereocenters. The molecule has 4 aromatic rings. The monoisotopic (exact) mass is 546 g/mol. The van der Waals surface area contributed by atoms with E-state index in [0.29, 0.717) is 0 Å². The summed E-state index contributed by atoms with van der Waals surface area (Å²) in [6.07, 6.45) is 2.10. The minimum Gasteiger partial charge on any atom is -0.179 e. The summed E-state index contributed by atoms with van der Waals surface area (Å²) in [5, 5.41) is 0. The van der Waals surface area contributed by atoms with Crippen LogP contribution in [0.25, 0.3) is 22.3 Å². The molecule has 1 radical (unpaired) electrons. The van der Waals surface area contributed by atoms with Crippen molar-refractivity contribution in [1.82, 2.24) is 0 Å². The average molecular weight is 549 g/mol. The third-order valence-electron chi connectivity index (χ3n) is 5.23. The molecular weight excluding hydrogens is 519 g/mol. The Bertz CT molecular complexity index is 947. The van der Waals surface area contributed by atoms with Gasteiger partial charge in [-0.3, -0.25) is 0 Å². The fraction of sp³-hybridized carbons (Fsp3) is 0.143. The molecular formula is C28H29BNdSi-3. The molecule has 0 fully saturated rings. The first-order chi connectivity index (χ1) is 14.3. The van der Waals surface area contributed by atoms with Gasteiger partial charge in [-0.25, -0.2) is 0 Å². The van der Waals surface area contributed by atoms with E-state index in [9.17, 15) is 0 Å². The topological polar surface area (TPSA) is 0 Å². The number of hydrogen-bond acceptors (Lipinski definition) is 0. The van der Waals surface area contributed by atoms with Crippen molar-refractivity contribution in [1.29, 1.82) is 0 Å². The second kappa shape index (κ2) is 12.5. The first kappa shape index (κ1) is 25.8. The van der Waals surface area contributed by atoms with E-state index in [0.717, 1.165) is 22.4 Å². The van der Waals surface area contributed by atoms with E-state index in [1.165, 1.54) is 44.5 Å². The van der Waals surface area contributed by atoms with Crippen LogP contribution in [0.4, 0.5) is 0 Å². The van der Waals surface area contributed by atoms with E-state index >= 15 is 0 Å². The SMILES string of the molecule is C[SiH]C.[BH4-].[Nd].[c-]1cccc2c1Cc1ccccc1-2.[c-]1cccc2c1Cc1ccccc1-2. The third-order valence-corrected chi connectivity index (χ3v) is 5.23. The first-order valence-electron chi connectivity index (χ1n) is 10.2. The van der Waals surface area contributed by atoms with Gasteiger partial charge in [0.25, 0.3) is 0 Å². The summed E-state index contributed by atoms with van der Waals surface area (Å²) in [6, 6.07) is 36.2. The van der Waals surface area contributed by atoms with Crippen molar-refractivity contribution in [3.8, 4) is 22.3 Å². The Morgan fingerprint density at radius 1 is 0.581 bits per heavy atom.